The lowest BCUT2D eigenvalue weighted by molar-refractivity contribution is -0.117. The van der Waals surface area contributed by atoms with E-state index in [1.54, 1.807) is 6.92 Å². The molecule has 0 spiro atoms. The Hall–Kier alpha value is -1.31. The predicted molar refractivity (Wildman–Crippen MR) is 59.6 cm³/mol. The number of rotatable bonds is 5. The third-order valence-electron chi connectivity index (χ3n) is 2.05. The van der Waals surface area contributed by atoms with Crippen LogP contribution in [0.3, 0.4) is 0 Å². The second-order valence-corrected chi connectivity index (χ2v) is 3.60. The third kappa shape index (κ3) is 4.08. The first-order valence-electron chi connectivity index (χ1n) is 4.98. The highest BCUT2D eigenvalue weighted by Gasteiger charge is 1.94. The summed E-state index contributed by atoms with van der Waals surface area (Å²) in [5.74, 6) is 0.260. The van der Waals surface area contributed by atoms with Crippen LogP contribution < -0.4 is 5.32 Å². The summed E-state index contributed by atoms with van der Waals surface area (Å²) in [5, 5.41) is 3.29. The highest BCUT2D eigenvalue weighted by atomic mass is 16.1. The molecule has 0 aromatic heterocycles. The van der Waals surface area contributed by atoms with E-state index in [0.717, 1.165) is 18.7 Å². The zero-order valence-corrected chi connectivity index (χ0v) is 8.84. The van der Waals surface area contributed by atoms with Gasteiger partial charge >= 0.3 is 0 Å². The molecule has 0 saturated carbocycles. The van der Waals surface area contributed by atoms with Crippen LogP contribution in [0, 0.1) is 6.92 Å². The smallest absolute Gasteiger partial charge is 0.129 e. The Morgan fingerprint density at radius 3 is 2.86 bits per heavy atom. The van der Waals surface area contributed by atoms with Gasteiger partial charge in [0.2, 0.25) is 0 Å². The van der Waals surface area contributed by atoms with E-state index in [9.17, 15) is 4.79 Å². The molecule has 14 heavy (non-hydrogen) atoms. The number of anilines is 1. The summed E-state index contributed by atoms with van der Waals surface area (Å²) in [7, 11) is 0. The zero-order chi connectivity index (χ0) is 10.4. The van der Waals surface area contributed by atoms with Crippen LogP contribution in [0.25, 0.3) is 0 Å². The van der Waals surface area contributed by atoms with Crippen molar-refractivity contribution in [3.8, 4) is 0 Å². The van der Waals surface area contributed by atoms with Gasteiger partial charge in [-0.15, -0.1) is 0 Å². The van der Waals surface area contributed by atoms with E-state index in [-0.39, 0.29) is 5.78 Å². The summed E-state index contributed by atoms with van der Waals surface area (Å²) in [6, 6.07) is 8.25. The first-order chi connectivity index (χ1) is 6.68. The number of benzene rings is 1. The summed E-state index contributed by atoms with van der Waals surface area (Å²) in [6.07, 6.45) is 1.57. The second-order valence-electron chi connectivity index (χ2n) is 3.60. The van der Waals surface area contributed by atoms with E-state index in [1.165, 1.54) is 5.56 Å². The Labute approximate surface area is 85.3 Å². The van der Waals surface area contributed by atoms with Crippen LogP contribution in [0.2, 0.25) is 0 Å². The lowest BCUT2D eigenvalue weighted by atomic mass is 10.2. The number of ketones is 1. The third-order valence-corrected chi connectivity index (χ3v) is 2.05. The first-order valence-corrected chi connectivity index (χ1v) is 4.98. The summed E-state index contributed by atoms with van der Waals surface area (Å²) in [4.78, 5) is 10.7. The molecule has 0 fully saturated rings. The van der Waals surface area contributed by atoms with Crippen LogP contribution in [0.1, 0.15) is 25.3 Å². The van der Waals surface area contributed by atoms with Crippen molar-refractivity contribution in [2.24, 2.45) is 0 Å². The molecule has 0 radical (unpaired) electrons. The number of nitrogens with one attached hydrogen (secondary N) is 1. The normalized spacial score (nSPS) is 9.86. The Kier molecular flexibility index (Phi) is 4.17. The fraction of sp³-hybridized carbons (Fsp3) is 0.417. The Morgan fingerprint density at radius 2 is 2.21 bits per heavy atom. The van der Waals surface area contributed by atoms with E-state index in [2.05, 4.69) is 24.4 Å². The van der Waals surface area contributed by atoms with Crippen molar-refractivity contribution in [2.45, 2.75) is 26.7 Å². The molecule has 0 amide bonds. The molecule has 0 heterocycles. The van der Waals surface area contributed by atoms with Crippen LogP contribution in [0.4, 0.5) is 5.69 Å². The SMILES string of the molecule is CC(=O)CCCNc1cccc(C)c1. The lowest BCUT2D eigenvalue weighted by Gasteiger charge is -2.05. The molecule has 2 nitrogen and oxygen atoms in total. The van der Waals surface area contributed by atoms with Crippen molar-refractivity contribution >= 4 is 11.5 Å². The minimum Gasteiger partial charge on any atom is -0.385 e. The summed E-state index contributed by atoms with van der Waals surface area (Å²) >= 11 is 0. The predicted octanol–water partition coefficient (Wildman–Crippen LogP) is 2.78. The van der Waals surface area contributed by atoms with E-state index in [1.807, 2.05) is 12.1 Å². The van der Waals surface area contributed by atoms with Crippen LogP contribution >= 0.6 is 0 Å². The molecule has 0 aliphatic heterocycles. The van der Waals surface area contributed by atoms with Gasteiger partial charge in [-0.2, -0.15) is 0 Å². The van der Waals surface area contributed by atoms with Gasteiger partial charge < -0.3 is 10.1 Å². The molecule has 0 bridgehead atoms. The maximum absolute atomic E-state index is 10.7. The van der Waals surface area contributed by atoms with Gasteiger partial charge in [-0.3, -0.25) is 0 Å². The highest BCUT2D eigenvalue weighted by Crippen LogP contribution is 2.09. The Bertz CT molecular complexity index is 307. The zero-order valence-electron chi connectivity index (χ0n) is 8.84. The minimum absolute atomic E-state index is 0.260. The molecule has 0 aliphatic rings. The van der Waals surface area contributed by atoms with Crippen molar-refractivity contribution in [3.63, 3.8) is 0 Å². The topological polar surface area (TPSA) is 29.1 Å². The molecule has 0 aliphatic carbocycles. The second kappa shape index (κ2) is 5.43. The van der Waals surface area contributed by atoms with Gasteiger partial charge in [0.15, 0.2) is 0 Å². The fourth-order valence-electron chi connectivity index (χ4n) is 1.33. The molecule has 0 unspecified atom stereocenters. The Morgan fingerprint density at radius 1 is 1.43 bits per heavy atom. The quantitative estimate of drug-likeness (QED) is 0.725. The number of carbonyl (C=O) groups excluding carboxylic acids is 1. The molecule has 1 rings (SSSR count). The summed E-state index contributed by atoms with van der Waals surface area (Å²) in [6.45, 7) is 4.57. The summed E-state index contributed by atoms with van der Waals surface area (Å²) in [5.41, 5.74) is 2.38. The van der Waals surface area contributed by atoms with Crippen LogP contribution in [0.15, 0.2) is 24.3 Å². The monoisotopic (exact) mass is 191 g/mol. The van der Waals surface area contributed by atoms with Gasteiger partial charge in [-0.25, -0.2) is 0 Å². The highest BCUT2D eigenvalue weighted by molar-refractivity contribution is 5.75. The average molecular weight is 191 g/mol. The maximum Gasteiger partial charge on any atom is 0.129 e. The molecule has 1 N–H and O–H groups in total. The van der Waals surface area contributed by atoms with Gasteiger partial charge in [0, 0.05) is 18.7 Å². The van der Waals surface area contributed by atoms with Crippen molar-refractivity contribution in [1.29, 1.82) is 0 Å². The molecule has 0 saturated heterocycles. The van der Waals surface area contributed by atoms with E-state index in [4.69, 9.17) is 0 Å². The van der Waals surface area contributed by atoms with Crippen LogP contribution in [0.5, 0.6) is 0 Å². The number of carbonyl (C=O) groups is 1. The molecular weight excluding hydrogens is 174 g/mol. The summed E-state index contributed by atoms with van der Waals surface area (Å²) < 4.78 is 0. The van der Waals surface area contributed by atoms with Crippen LogP contribution in [-0.4, -0.2) is 12.3 Å². The molecule has 1 aromatic rings. The first kappa shape index (κ1) is 10.8. The van der Waals surface area contributed by atoms with E-state index >= 15 is 0 Å². The van der Waals surface area contributed by atoms with E-state index < -0.39 is 0 Å². The minimum atomic E-state index is 0.260. The Balaban J connectivity index is 2.28. The van der Waals surface area contributed by atoms with Gasteiger partial charge in [0.05, 0.1) is 0 Å². The van der Waals surface area contributed by atoms with E-state index in [0.29, 0.717) is 6.42 Å². The molecule has 2 heteroatoms. The van der Waals surface area contributed by atoms with Crippen molar-refractivity contribution < 1.29 is 4.79 Å². The standard InChI is InChI=1S/C12H17NO/c1-10-5-3-7-12(9-10)13-8-4-6-11(2)14/h3,5,7,9,13H,4,6,8H2,1-2H3. The van der Waals surface area contributed by atoms with Gasteiger partial charge in [0.1, 0.15) is 5.78 Å². The molecule has 76 valence electrons. The van der Waals surface area contributed by atoms with Gasteiger partial charge in [0.25, 0.3) is 0 Å². The average Bonchev–Trinajstić information content (AvgIpc) is 2.12. The number of hydrogen-bond acceptors (Lipinski definition) is 2. The van der Waals surface area contributed by atoms with Gasteiger partial charge in [-0.05, 0) is 38.0 Å². The van der Waals surface area contributed by atoms with Gasteiger partial charge in [-0.1, -0.05) is 12.1 Å². The number of hydrogen-bond donors (Lipinski definition) is 1. The number of Topliss-reactive ketones (excluding diaryl/α,β-unsaturated/α-hetero) is 1. The van der Waals surface area contributed by atoms with Crippen molar-refractivity contribution in [2.75, 3.05) is 11.9 Å². The van der Waals surface area contributed by atoms with Crippen LogP contribution in [-0.2, 0) is 4.79 Å². The fourth-order valence-corrected chi connectivity index (χ4v) is 1.33. The molecule has 0 atom stereocenters. The molecular formula is C12H17NO. The maximum atomic E-state index is 10.7. The van der Waals surface area contributed by atoms with Crippen molar-refractivity contribution in [3.05, 3.63) is 29.8 Å². The molecule has 1 aromatic carbocycles. The number of aryl methyl sites for hydroxylation is 1. The lowest BCUT2D eigenvalue weighted by Crippen LogP contribution is -2.03. The van der Waals surface area contributed by atoms with Crippen molar-refractivity contribution in [1.82, 2.24) is 0 Å². The largest absolute Gasteiger partial charge is 0.385 e.